The van der Waals surface area contributed by atoms with Crippen LogP contribution in [0.25, 0.3) is 6.08 Å². The predicted octanol–water partition coefficient (Wildman–Crippen LogP) is 3.13. The Morgan fingerprint density at radius 3 is 3.00 bits per heavy atom. The molecule has 3 heteroatoms. The van der Waals surface area contributed by atoms with Crippen molar-refractivity contribution in [2.45, 2.75) is 6.04 Å². The number of aliphatic imine (C=N–C) groups is 1. The third-order valence-corrected chi connectivity index (χ3v) is 3.20. The van der Waals surface area contributed by atoms with Crippen LogP contribution in [0, 0.1) is 5.92 Å². The molecule has 0 saturated heterocycles. The van der Waals surface area contributed by atoms with E-state index < -0.39 is 0 Å². The summed E-state index contributed by atoms with van der Waals surface area (Å²) in [6.07, 6.45) is 10.3. The average molecular weight is 261 g/mol. The second-order valence-corrected chi connectivity index (χ2v) is 4.48. The standard InChI is InChI=1S/C12H9BrN2/c13-10-6-5-9-4-3-8-2-1-7-14-11(8)12(9)15-10/h1-7,9,12H. The largest absolute Gasteiger partial charge is 0.267 e. The van der Waals surface area contributed by atoms with Gasteiger partial charge in [0.15, 0.2) is 0 Å². The molecule has 1 aliphatic heterocycles. The molecule has 3 rings (SSSR count). The van der Waals surface area contributed by atoms with Gasteiger partial charge in [-0.25, -0.2) is 0 Å². The van der Waals surface area contributed by atoms with E-state index in [1.165, 1.54) is 5.56 Å². The molecule has 0 bridgehead atoms. The Labute approximate surface area is 96.6 Å². The van der Waals surface area contributed by atoms with E-state index in [1.54, 1.807) is 0 Å². The van der Waals surface area contributed by atoms with E-state index in [9.17, 15) is 0 Å². The maximum Gasteiger partial charge on any atom is 0.104 e. The Morgan fingerprint density at radius 2 is 2.07 bits per heavy atom. The molecule has 0 spiro atoms. The maximum atomic E-state index is 4.58. The smallest absolute Gasteiger partial charge is 0.104 e. The first-order valence-corrected chi connectivity index (χ1v) is 5.68. The molecule has 1 aromatic heterocycles. The lowest BCUT2D eigenvalue weighted by molar-refractivity contribution is 0.593. The number of aromatic nitrogens is 1. The highest BCUT2D eigenvalue weighted by Gasteiger charge is 2.27. The average Bonchev–Trinajstić information content (AvgIpc) is 2.29. The number of dihydropyridines is 1. The molecule has 1 aliphatic carbocycles. The van der Waals surface area contributed by atoms with Crippen molar-refractivity contribution in [2.75, 3.05) is 0 Å². The minimum atomic E-state index is 0.144. The lowest BCUT2D eigenvalue weighted by atomic mass is 9.87. The molecule has 0 radical (unpaired) electrons. The van der Waals surface area contributed by atoms with Crippen LogP contribution >= 0.6 is 15.9 Å². The van der Waals surface area contributed by atoms with Crippen LogP contribution in [0.1, 0.15) is 17.3 Å². The molecule has 1 aromatic rings. The number of hydrogen-bond donors (Lipinski definition) is 0. The van der Waals surface area contributed by atoms with Crippen molar-refractivity contribution in [1.82, 2.24) is 4.98 Å². The molecule has 0 N–H and O–H groups in total. The van der Waals surface area contributed by atoms with Gasteiger partial charge in [0.25, 0.3) is 0 Å². The molecule has 0 saturated carbocycles. The van der Waals surface area contributed by atoms with E-state index in [0.29, 0.717) is 5.92 Å². The third kappa shape index (κ3) is 1.47. The van der Waals surface area contributed by atoms with Crippen LogP contribution < -0.4 is 0 Å². The number of allylic oxidation sites excluding steroid dienone is 1. The van der Waals surface area contributed by atoms with Gasteiger partial charge in [-0.1, -0.05) is 24.3 Å². The van der Waals surface area contributed by atoms with Gasteiger partial charge in [-0.3, -0.25) is 9.98 Å². The summed E-state index contributed by atoms with van der Waals surface area (Å²) in [5.41, 5.74) is 2.25. The Bertz CT molecular complexity index is 488. The zero-order chi connectivity index (χ0) is 10.3. The minimum Gasteiger partial charge on any atom is -0.267 e. The summed E-state index contributed by atoms with van der Waals surface area (Å²) in [6.45, 7) is 0. The summed E-state index contributed by atoms with van der Waals surface area (Å²) >= 11 is 3.41. The first-order valence-electron chi connectivity index (χ1n) is 4.89. The second kappa shape index (κ2) is 3.42. The SMILES string of the molecule is BrC1=NC2c3ncccc3C=CC2C=C1. The van der Waals surface area contributed by atoms with Crippen LogP contribution in [0.2, 0.25) is 0 Å². The Hall–Kier alpha value is -1.22. The summed E-state index contributed by atoms with van der Waals surface area (Å²) in [7, 11) is 0. The lowest BCUT2D eigenvalue weighted by Gasteiger charge is -2.25. The Kier molecular flexibility index (Phi) is 2.06. The van der Waals surface area contributed by atoms with Gasteiger partial charge in [-0.2, -0.15) is 0 Å². The summed E-state index contributed by atoms with van der Waals surface area (Å²) in [6, 6.07) is 4.18. The van der Waals surface area contributed by atoms with E-state index >= 15 is 0 Å². The zero-order valence-corrected chi connectivity index (χ0v) is 9.55. The normalized spacial score (nSPS) is 26.9. The van der Waals surface area contributed by atoms with Gasteiger partial charge in [0, 0.05) is 12.1 Å². The number of pyridine rings is 1. The van der Waals surface area contributed by atoms with Gasteiger partial charge in [0.05, 0.1) is 5.69 Å². The van der Waals surface area contributed by atoms with Gasteiger partial charge in [0.1, 0.15) is 10.7 Å². The van der Waals surface area contributed by atoms with Gasteiger partial charge < -0.3 is 0 Å². The van der Waals surface area contributed by atoms with Gasteiger partial charge >= 0.3 is 0 Å². The minimum absolute atomic E-state index is 0.144. The van der Waals surface area contributed by atoms with Crippen LogP contribution in [-0.2, 0) is 0 Å². The third-order valence-electron chi connectivity index (χ3n) is 2.73. The van der Waals surface area contributed by atoms with Crippen LogP contribution in [0.3, 0.4) is 0 Å². The molecule has 2 nitrogen and oxygen atoms in total. The van der Waals surface area contributed by atoms with E-state index in [1.807, 2.05) is 18.3 Å². The van der Waals surface area contributed by atoms with Crippen molar-refractivity contribution < 1.29 is 0 Å². The van der Waals surface area contributed by atoms with Crippen molar-refractivity contribution >= 4 is 26.6 Å². The lowest BCUT2D eigenvalue weighted by Crippen LogP contribution is -2.16. The van der Waals surface area contributed by atoms with Crippen LogP contribution in [0.4, 0.5) is 0 Å². The molecular formula is C12H9BrN2. The summed E-state index contributed by atoms with van der Waals surface area (Å²) in [5.74, 6) is 0.355. The summed E-state index contributed by atoms with van der Waals surface area (Å²) in [4.78, 5) is 9.00. The first-order chi connectivity index (χ1) is 7.34. The molecule has 2 atom stereocenters. The predicted molar refractivity (Wildman–Crippen MR) is 65.0 cm³/mol. The molecule has 15 heavy (non-hydrogen) atoms. The molecule has 0 amide bonds. The number of rotatable bonds is 0. The number of halogens is 1. The molecule has 2 aliphatic rings. The highest BCUT2D eigenvalue weighted by Crippen LogP contribution is 2.36. The topological polar surface area (TPSA) is 25.2 Å². The monoisotopic (exact) mass is 260 g/mol. The molecule has 0 aromatic carbocycles. The van der Waals surface area contributed by atoms with Gasteiger partial charge in [-0.05, 0) is 33.6 Å². The van der Waals surface area contributed by atoms with E-state index in [4.69, 9.17) is 0 Å². The number of nitrogens with zero attached hydrogens (tertiary/aromatic N) is 2. The van der Waals surface area contributed by atoms with Crippen molar-refractivity contribution in [3.05, 3.63) is 47.8 Å². The summed E-state index contributed by atoms with van der Waals surface area (Å²) < 4.78 is 0.899. The Morgan fingerprint density at radius 1 is 1.20 bits per heavy atom. The first kappa shape index (κ1) is 9.04. The molecule has 0 fully saturated rings. The van der Waals surface area contributed by atoms with Crippen molar-refractivity contribution in [3.63, 3.8) is 0 Å². The molecular weight excluding hydrogens is 252 g/mol. The highest BCUT2D eigenvalue weighted by atomic mass is 79.9. The van der Waals surface area contributed by atoms with E-state index in [-0.39, 0.29) is 6.04 Å². The highest BCUT2D eigenvalue weighted by molar-refractivity contribution is 9.18. The van der Waals surface area contributed by atoms with Crippen molar-refractivity contribution in [2.24, 2.45) is 10.9 Å². The maximum absolute atomic E-state index is 4.58. The van der Waals surface area contributed by atoms with Crippen LogP contribution in [-0.4, -0.2) is 9.60 Å². The fraction of sp³-hybridized carbons (Fsp3) is 0.167. The quantitative estimate of drug-likeness (QED) is 0.704. The zero-order valence-electron chi connectivity index (χ0n) is 7.97. The van der Waals surface area contributed by atoms with E-state index in [0.717, 1.165) is 10.3 Å². The number of hydrogen-bond acceptors (Lipinski definition) is 2. The fourth-order valence-electron chi connectivity index (χ4n) is 2.00. The van der Waals surface area contributed by atoms with Crippen LogP contribution in [0.15, 0.2) is 41.6 Å². The fourth-order valence-corrected chi connectivity index (χ4v) is 2.38. The van der Waals surface area contributed by atoms with Gasteiger partial charge in [0.2, 0.25) is 0 Å². The van der Waals surface area contributed by atoms with Crippen molar-refractivity contribution in [1.29, 1.82) is 0 Å². The van der Waals surface area contributed by atoms with Crippen molar-refractivity contribution in [3.8, 4) is 0 Å². The number of fused-ring (bicyclic) bond motifs is 3. The molecule has 2 unspecified atom stereocenters. The second-order valence-electron chi connectivity index (χ2n) is 3.67. The molecule has 74 valence electrons. The summed E-state index contributed by atoms with van der Waals surface area (Å²) in [5, 5.41) is 0. The molecule has 2 heterocycles. The van der Waals surface area contributed by atoms with E-state index in [2.05, 4.69) is 50.2 Å². The van der Waals surface area contributed by atoms with Crippen LogP contribution in [0.5, 0.6) is 0 Å². The van der Waals surface area contributed by atoms with Gasteiger partial charge in [-0.15, -0.1) is 0 Å². The Balaban J connectivity index is 2.14.